The molecule has 20 nitrogen and oxygen atoms in total. The van der Waals surface area contributed by atoms with Gasteiger partial charge in [0.2, 0.25) is 0 Å². The van der Waals surface area contributed by atoms with Gasteiger partial charge in [0, 0.05) is 69.6 Å². The molecule has 6 aromatic carbocycles. The minimum atomic E-state index is -2.06. The molecule has 3 aliphatic heterocycles. The number of phenolic OH excluding ortho intramolecular Hbond substituents is 14. The maximum Gasteiger partial charge on any atom is 0.200 e. The smallest absolute Gasteiger partial charge is 0.200 e. The molecule has 0 saturated carbocycles. The fourth-order valence-corrected chi connectivity index (χ4v) is 9.08. The van der Waals surface area contributed by atoms with E-state index >= 15 is 0 Å². The number of benzene rings is 6. The Balaban J connectivity index is 1.32. The summed E-state index contributed by atoms with van der Waals surface area (Å²) in [7, 11) is 0. The second-order valence-corrected chi connectivity index (χ2v) is 16.0. The molecule has 0 spiro atoms. The molecule has 0 saturated heterocycles. The molecular formula is C45H38O20. The first-order chi connectivity index (χ1) is 30.7. The summed E-state index contributed by atoms with van der Waals surface area (Å²) < 4.78 is 18.7. The van der Waals surface area contributed by atoms with E-state index in [-0.39, 0.29) is 33.6 Å². The number of fused-ring (bicyclic) bond motifs is 3. The van der Waals surface area contributed by atoms with Gasteiger partial charge in [-0.05, 0) is 42.0 Å². The second-order valence-electron chi connectivity index (χ2n) is 16.0. The quantitative estimate of drug-likeness (QED) is 0.109. The number of hydrogen-bond acceptors (Lipinski definition) is 20. The minimum absolute atomic E-state index is 0.0327. The predicted molar refractivity (Wildman–Crippen MR) is 217 cm³/mol. The van der Waals surface area contributed by atoms with Crippen LogP contribution in [-0.4, -0.2) is 105 Å². The molecule has 9 rings (SSSR count). The van der Waals surface area contributed by atoms with Crippen molar-refractivity contribution in [1.29, 1.82) is 0 Å². The van der Waals surface area contributed by atoms with Crippen LogP contribution < -0.4 is 14.2 Å². The summed E-state index contributed by atoms with van der Waals surface area (Å²) in [5.41, 5.74) is -2.13. The Bertz CT molecular complexity index is 2900. The van der Waals surface area contributed by atoms with Crippen molar-refractivity contribution in [2.75, 3.05) is 0 Å². The lowest BCUT2D eigenvalue weighted by atomic mass is 9.73. The number of aliphatic hydroxyl groups is 3. The summed E-state index contributed by atoms with van der Waals surface area (Å²) >= 11 is 0. The van der Waals surface area contributed by atoms with Gasteiger partial charge in [0.25, 0.3) is 0 Å². The second kappa shape index (κ2) is 15.0. The van der Waals surface area contributed by atoms with Crippen LogP contribution in [0, 0.1) is 0 Å². The Morgan fingerprint density at radius 1 is 0.369 bits per heavy atom. The molecule has 3 aliphatic rings. The van der Waals surface area contributed by atoms with Crippen molar-refractivity contribution >= 4 is 0 Å². The van der Waals surface area contributed by atoms with Crippen molar-refractivity contribution in [3.05, 3.63) is 111 Å². The van der Waals surface area contributed by atoms with Crippen molar-refractivity contribution in [2.24, 2.45) is 0 Å². The number of aliphatic hydroxyl groups excluding tert-OH is 3. The van der Waals surface area contributed by atoms with Gasteiger partial charge in [-0.1, -0.05) is 6.07 Å². The largest absolute Gasteiger partial charge is 0.508 e. The maximum absolute atomic E-state index is 12.5. The van der Waals surface area contributed by atoms with E-state index in [1.54, 1.807) is 0 Å². The summed E-state index contributed by atoms with van der Waals surface area (Å²) in [5, 5.41) is 187. The molecule has 0 radical (unpaired) electrons. The molecule has 8 atom stereocenters. The first-order valence-electron chi connectivity index (χ1n) is 19.5. The molecule has 8 unspecified atom stereocenters. The van der Waals surface area contributed by atoms with Gasteiger partial charge in [0.05, 0.1) is 17.9 Å². The van der Waals surface area contributed by atoms with E-state index in [4.69, 9.17) is 14.2 Å². The first-order valence-corrected chi connectivity index (χ1v) is 19.5. The lowest BCUT2D eigenvalue weighted by molar-refractivity contribution is -0.00568. The van der Waals surface area contributed by atoms with E-state index < -0.39 is 164 Å². The van der Waals surface area contributed by atoms with Gasteiger partial charge in [-0.3, -0.25) is 0 Å². The molecule has 3 heterocycles. The highest BCUT2D eigenvalue weighted by molar-refractivity contribution is 5.71. The molecule has 0 amide bonds. The average molecular weight is 899 g/mol. The van der Waals surface area contributed by atoms with Gasteiger partial charge in [-0.2, -0.15) is 0 Å². The van der Waals surface area contributed by atoms with Crippen LogP contribution in [-0.2, 0) is 6.42 Å². The van der Waals surface area contributed by atoms with Crippen LogP contribution in [0.5, 0.6) is 97.7 Å². The number of rotatable bonds is 5. The van der Waals surface area contributed by atoms with Gasteiger partial charge in [0.15, 0.2) is 64.3 Å². The van der Waals surface area contributed by atoms with Gasteiger partial charge in [0.1, 0.15) is 64.0 Å². The van der Waals surface area contributed by atoms with E-state index in [1.165, 1.54) is 6.07 Å². The van der Waals surface area contributed by atoms with Crippen LogP contribution in [0.4, 0.5) is 0 Å². The van der Waals surface area contributed by atoms with E-state index in [0.29, 0.717) is 0 Å². The van der Waals surface area contributed by atoms with E-state index in [1.807, 2.05) is 0 Å². The lowest BCUT2D eigenvalue weighted by Crippen LogP contribution is -2.39. The molecule has 6 aromatic rings. The number of ether oxygens (including phenoxy) is 3. The van der Waals surface area contributed by atoms with Crippen LogP contribution in [0.2, 0.25) is 0 Å². The third kappa shape index (κ3) is 6.57. The molecule has 0 aliphatic carbocycles. The number of hydrogen-bond donors (Lipinski definition) is 17. The Hall–Kier alpha value is -8.20. The summed E-state index contributed by atoms with van der Waals surface area (Å²) in [5.74, 6) is -15.6. The third-order valence-corrected chi connectivity index (χ3v) is 12.0. The van der Waals surface area contributed by atoms with E-state index in [2.05, 4.69) is 0 Å². The summed E-state index contributed by atoms with van der Waals surface area (Å²) in [4.78, 5) is 0. The fourth-order valence-electron chi connectivity index (χ4n) is 9.08. The van der Waals surface area contributed by atoms with Crippen molar-refractivity contribution in [2.45, 2.75) is 54.9 Å². The molecular weight excluding hydrogens is 860 g/mol. The van der Waals surface area contributed by atoms with Crippen LogP contribution in [0.1, 0.15) is 74.7 Å². The van der Waals surface area contributed by atoms with Gasteiger partial charge >= 0.3 is 0 Å². The highest BCUT2D eigenvalue weighted by Gasteiger charge is 2.51. The summed E-state index contributed by atoms with van der Waals surface area (Å²) in [6, 6.07) is 10.8. The molecule has 0 aromatic heterocycles. The van der Waals surface area contributed by atoms with Gasteiger partial charge in [-0.15, -0.1) is 0 Å². The van der Waals surface area contributed by atoms with E-state index in [0.717, 1.165) is 60.7 Å². The average Bonchev–Trinajstić information content (AvgIpc) is 3.23. The lowest BCUT2D eigenvalue weighted by Gasteiger charge is -2.43. The molecule has 0 fully saturated rings. The van der Waals surface area contributed by atoms with Crippen LogP contribution in [0.15, 0.2) is 66.7 Å². The Morgan fingerprint density at radius 2 is 0.815 bits per heavy atom. The van der Waals surface area contributed by atoms with Crippen LogP contribution >= 0.6 is 0 Å². The predicted octanol–water partition coefficient (Wildman–Crippen LogP) is 3.86. The zero-order valence-electron chi connectivity index (χ0n) is 33.0. The first kappa shape index (κ1) is 42.1. The van der Waals surface area contributed by atoms with Crippen LogP contribution in [0.3, 0.4) is 0 Å². The zero-order valence-corrected chi connectivity index (χ0v) is 33.0. The standard InChI is InChI=1S/C45H38O20/c46-16-8-21(50)31-30(9-16)63-42(13-1-2-18(47)20(49)3-13)39(61)35(31)33-23(52)12-24(53)34-36(40(62)43(65-45(33)34)15-6-27(56)38(60)28(57)7-15)32-22(51)11-19(48)17-10-29(58)41(64-44(17)32)14-4-25(54)37(59)26(55)5-14/h1-9,11-12,29,35-36,39-43,46-62H,10H2. The normalized spacial score (nSPS) is 23.2. The number of aromatic hydroxyl groups is 14. The van der Waals surface area contributed by atoms with E-state index in [9.17, 15) is 86.8 Å². The number of phenols is 14. The summed E-state index contributed by atoms with van der Waals surface area (Å²) in [6.07, 6.45) is -10.9. The van der Waals surface area contributed by atoms with Gasteiger partial charge < -0.3 is 101 Å². The Kier molecular flexibility index (Phi) is 9.70. The zero-order chi connectivity index (χ0) is 46.7. The van der Waals surface area contributed by atoms with Crippen molar-refractivity contribution in [3.63, 3.8) is 0 Å². The van der Waals surface area contributed by atoms with Crippen molar-refractivity contribution < 1.29 is 101 Å². The minimum Gasteiger partial charge on any atom is -0.508 e. The highest BCUT2D eigenvalue weighted by atomic mass is 16.5. The Morgan fingerprint density at radius 3 is 1.37 bits per heavy atom. The van der Waals surface area contributed by atoms with Gasteiger partial charge in [-0.25, -0.2) is 0 Å². The summed E-state index contributed by atoms with van der Waals surface area (Å²) in [6.45, 7) is 0. The van der Waals surface area contributed by atoms with Crippen LogP contribution in [0.25, 0.3) is 0 Å². The molecule has 338 valence electrons. The van der Waals surface area contributed by atoms with Crippen molar-refractivity contribution in [3.8, 4) is 97.7 Å². The van der Waals surface area contributed by atoms with Crippen molar-refractivity contribution in [1.82, 2.24) is 0 Å². The molecule has 20 heteroatoms. The maximum atomic E-state index is 12.5. The topological polar surface area (TPSA) is 372 Å². The molecule has 65 heavy (non-hydrogen) atoms. The fraction of sp³-hybridized carbons (Fsp3) is 0.200. The highest BCUT2D eigenvalue weighted by Crippen LogP contribution is 2.62. The third-order valence-electron chi connectivity index (χ3n) is 12.0. The Labute approximate surface area is 364 Å². The monoisotopic (exact) mass is 898 g/mol. The SMILES string of the molecule is Oc1cc(O)c2c(c1)OC(c1ccc(O)c(O)c1)C(O)C2c1c(O)cc(O)c2c1OC(c1cc(O)c(O)c(O)c1)C(O)C2c1c(O)cc(O)c2c1OC(c1cc(O)c(O)c(O)c1)C(O)C2. The molecule has 17 N–H and O–H groups in total. The molecule has 0 bridgehead atoms.